The van der Waals surface area contributed by atoms with Crippen LogP contribution in [0.4, 0.5) is 31.1 Å². The van der Waals surface area contributed by atoms with Crippen molar-refractivity contribution in [3.63, 3.8) is 0 Å². The molecular weight excluding hydrogens is 578 g/mol. The van der Waals surface area contributed by atoms with E-state index in [2.05, 4.69) is 0 Å². The maximum atomic E-state index is 13.5. The number of amides is 2. The molecule has 2 aromatic rings. The fourth-order valence-corrected chi connectivity index (χ4v) is 5.55. The zero-order valence-corrected chi connectivity index (χ0v) is 24.3. The number of alkyl halides is 6. The van der Waals surface area contributed by atoms with Crippen molar-refractivity contribution in [2.24, 2.45) is 5.92 Å². The van der Waals surface area contributed by atoms with Crippen LogP contribution in [0.1, 0.15) is 68.2 Å². The number of nitrogens with zero attached hydrogens (tertiary/aromatic N) is 2. The summed E-state index contributed by atoms with van der Waals surface area (Å²) in [4.78, 5) is 29.3. The molecule has 6 nitrogen and oxygen atoms in total. The first-order valence-corrected chi connectivity index (χ1v) is 14.2. The largest absolute Gasteiger partial charge is 0.444 e. The summed E-state index contributed by atoms with van der Waals surface area (Å²) in [5.74, 6) is -0.664. The summed E-state index contributed by atoms with van der Waals surface area (Å²) >= 11 is 0. The minimum Gasteiger partial charge on any atom is -0.444 e. The van der Waals surface area contributed by atoms with E-state index in [0.29, 0.717) is 51.0 Å². The lowest BCUT2D eigenvalue weighted by atomic mass is 9.86. The van der Waals surface area contributed by atoms with Crippen LogP contribution >= 0.6 is 0 Å². The molecular formula is C31H36F6N2O4. The topological polar surface area (TPSA) is 59.1 Å². The molecule has 2 heterocycles. The van der Waals surface area contributed by atoms with Gasteiger partial charge in [0, 0.05) is 38.0 Å². The minimum absolute atomic E-state index is 0.0454. The number of hydrogen-bond donors (Lipinski definition) is 0. The lowest BCUT2D eigenvalue weighted by Crippen LogP contribution is -2.50. The van der Waals surface area contributed by atoms with Gasteiger partial charge in [-0.25, -0.2) is 4.79 Å². The number of carbonyl (C=O) groups is 2. The van der Waals surface area contributed by atoms with Gasteiger partial charge in [-0.05, 0) is 69.4 Å². The van der Waals surface area contributed by atoms with Crippen molar-refractivity contribution in [1.82, 2.24) is 9.80 Å². The standard InChI is InChI=1S/C31H36F6N2O4/c1-29(2,3)43-28(41)38-12-9-22(10-13-38)27(40)39-14-11-26(25(18-39)21-7-5-4-6-8-21)42-19-20-15-23(30(32,33)34)17-24(16-20)31(35,36)37/h4-8,15-17,22,25-26H,9-14,18-19H2,1-3H3/t25-,26-/m0/s1. The van der Waals surface area contributed by atoms with Gasteiger partial charge in [0.1, 0.15) is 5.60 Å². The Morgan fingerprint density at radius 1 is 0.814 bits per heavy atom. The molecule has 0 saturated carbocycles. The van der Waals surface area contributed by atoms with Crippen LogP contribution in [-0.2, 0) is 33.2 Å². The molecule has 12 heteroatoms. The van der Waals surface area contributed by atoms with Crippen molar-refractivity contribution in [2.45, 2.75) is 76.6 Å². The van der Waals surface area contributed by atoms with Crippen molar-refractivity contribution in [1.29, 1.82) is 0 Å². The average molecular weight is 615 g/mol. The molecule has 2 aliphatic rings. The van der Waals surface area contributed by atoms with Crippen LogP contribution in [0.15, 0.2) is 48.5 Å². The summed E-state index contributed by atoms with van der Waals surface area (Å²) < 4.78 is 91.5. The second kappa shape index (κ2) is 12.8. The third kappa shape index (κ3) is 8.64. The van der Waals surface area contributed by atoms with E-state index in [-0.39, 0.29) is 35.9 Å². The van der Waals surface area contributed by atoms with E-state index in [0.717, 1.165) is 5.56 Å². The first kappa shape index (κ1) is 32.6. The quantitative estimate of drug-likeness (QED) is 0.333. The fraction of sp³-hybridized carbons (Fsp3) is 0.548. The molecule has 2 atom stereocenters. The number of likely N-dealkylation sites (tertiary alicyclic amines) is 2. The number of piperidine rings is 2. The molecule has 4 rings (SSSR count). The average Bonchev–Trinajstić information content (AvgIpc) is 2.94. The normalized spacial score (nSPS) is 20.7. The molecule has 43 heavy (non-hydrogen) atoms. The molecule has 2 amide bonds. The molecule has 2 aliphatic heterocycles. The summed E-state index contributed by atoms with van der Waals surface area (Å²) in [7, 11) is 0. The van der Waals surface area contributed by atoms with E-state index in [9.17, 15) is 35.9 Å². The molecule has 236 valence electrons. The van der Waals surface area contributed by atoms with Crippen LogP contribution in [0, 0.1) is 5.92 Å². The molecule has 0 spiro atoms. The molecule has 0 aliphatic carbocycles. The Labute approximate surface area is 246 Å². The highest BCUT2D eigenvalue weighted by atomic mass is 19.4. The van der Waals surface area contributed by atoms with E-state index in [1.165, 1.54) is 0 Å². The number of halogens is 6. The van der Waals surface area contributed by atoms with Crippen LogP contribution in [0.5, 0.6) is 0 Å². The summed E-state index contributed by atoms with van der Waals surface area (Å²) in [6.45, 7) is 6.32. The van der Waals surface area contributed by atoms with E-state index in [4.69, 9.17) is 9.47 Å². The molecule has 0 N–H and O–H groups in total. The molecule has 2 aromatic carbocycles. The predicted octanol–water partition coefficient (Wildman–Crippen LogP) is 7.27. The second-order valence-corrected chi connectivity index (χ2v) is 12.1. The van der Waals surface area contributed by atoms with E-state index < -0.39 is 47.9 Å². The van der Waals surface area contributed by atoms with Crippen LogP contribution in [0.2, 0.25) is 0 Å². The van der Waals surface area contributed by atoms with Crippen LogP contribution < -0.4 is 0 Å². The fourth-order valence-electron chi connectivity index (χ4n) is 5.55. The van der Waals surface area contributed by atoms with Crippen molar-refractivity contribution >= 4 is 12.0 Å². The van der Waals surface area contributed by atoms with Gasteiger partial charge < -0.3 is 19.3 Å². The van der Waals surface area contributed by atoms with E-state index in [1.54, 1.807) is 30.6 Å². The molecule has 0 radical (unpaired) electrons. The zero-order chi connectivity index (χ0) is 31.6. The van der Waals surface area contributed by atoms with Crippen molar-refractivity contribution in [3.8, 4) is 0 Å². The summed E-state index contributed by atoms with van der Waals surface area (Å²) in [6.07, 6.45) is -9.52. The van der Waals surface area contributed by atoms with E-state index in [1.807, 2.05) is 30.3 Å². The first-order chi connectivity index (χ1) is 20.0. The Kier molecular flexibility index (Phi) is 9.68. The van der Waals surface area contributed by atoms with Gasteiger partial charge in [-0.3, -0.25) is 4.79 Å². The van der Waals surface area contributed by atoms with Crippen molar-refractivity contribution in [3.05, 3.63) is 70.8 Å². The number of ether oxygens (including phenoxy) is 2. The Morgan fingerprint density at radius 3 is 1.91 bits per heavy atom. The smallest absolute Gasteiger partial charge is 0.416 e. The highest BCUT2D eigenvalue weighted by molar-refractivity contribution is 5.79. The number of rotatable bonds is 5. The van der Waals surface area contributed by atoms with Gasteiger partial charge in [0.05, 0.1) is 23.8 Å². The van der Waals surface area contributed by atoms with Crippen molar-refractivity contribution in [2.75, 3.05) is 26.2 Å². The maximum Gasteiger partial charge on any atom is 0.416 e. The first-order valence-electron chi connectivity index (χ1n) is 14.2. The maximum absolute atomic E-state index is 13.5. The molecule has 0 aromatic heterocycles. The van der Waals surface area contributed by atoms with E-state index >= 15 is 0 Å². The van der Waals surface area contributed by atoms with Gasteiger partial charge >= 0.3 is 18.4 Å². The molecule has 0 bridgehead atoms. The van der Waals surface area contributed by atoms with Gasteiger partial charge in [0.25, 0.3) is 0 Å². The minimum atomic E-state index is -4.95. The number of hydrogen-bond acceptors (Lipinski definition) is 4. The Bertz CT molecular complexity index is 1240. The second-order valence-electron chi connectivity index (χ2n) is 12.1. The van der Waals surface area contributed by atoms with Gasteiger partial charge in [-0.1, -0.05) is 30.3 Å². The van der Waals surface area contributed by atoms with Crippen LogP contribution in [-0.4, -0.2) is 59.7 Å². The monoisotopic (exact) mass is 614 g/mol. The van der Waals surface area contributed by atoms with Crippen molar-refractivity contribution < 1.29 is 45.4 Å². The Hall–Kier alpha value is -3.28. The SMILES string of the molecule is CC(C)(C)OC(=O)N1CCC(C(=O)N2CC[C@H](OCc3cc(C(F)(F)F)cc(C(F)(F)F)c3)[C@H](c3ccccc3)C2)CC1. The predicted molar refractivity (Wildman–Crippen MR) is 146 cm³/mol. The summed E-state index contributed by atoms with van der Waals surface area (Å²) in [5.41, 5.74) is -2.78. The summed E-state index contributed by atoms with van der Waals surface area (Å²) in [6, 6.07) is 10.6. The van der Waals surface area contributed by atoms with Gasteiger partial charge in [0.15, 0.2) is 0 Å². The highest BCUT2D eigenvalue weighted by Crippen LogP contribution is 2.37. The molecule has 0 unspecified atom stereocenters. The van der Waals surface area contributed by atoms with Crippen LogP contribution in [0.3, 0.4) is 0 Å². The third-order valence-electron chi connectivity index (χ3n) is 7.70. The Balaban J connectivity index is 1.44. The zero-order valence-electron chi connectivity index (χ0n) is 24.3. The van der Waals surface area contributed by atoms with Crippen LogP contribution in [0.25, 0.3) is 0 Å². The van der Waals surface area contributed by atoms with Gasteiger partial charge in [-0.15, -0.1) is 0 Å². The lowest BCUT2D eigenvalue weighted by molar-refractivity contribution is -0.143. The number of benzene rings is 2. The van der Waals surface area contributed by atoms with Gasteiger partial charge in [-0.2, -0.15) is 26.3 Å². The summed E-state index contributed by atoms with van der Waals surface area (Å²) in [5, 5.41) is 0. The number of carbonyl (C=O) groups excluding carboxylic acids is 2. The lowest BCUT2D eigenvalue weighted by Gasteiger charge is -2.41. The Morgan fingerprint density at radius 2 is 1.37 bits per heavy atom. The van der Waals surface area contributed by atoms with Gasteiger partial charge in [0.2, 0.25) is 5.91 Å². The molecule has 2 saturated heterocycles. The third-order valence-corrected chi connectivity index (χ3v) is 7.70. The molecule has 2 fully saturated rings. The highest BCUT2D eigenvalue weighted by Gasteiger charge is 2.39.